The van der Waals surface area contributed by atoms with E-state index >= 15 is 0 Å². The van der Waals surface area contributed by atoms with Crippen LogP contribution < -0.4 is 0 Å². The van der Waals surface area contributed by atoms with Crippen molar-refractivity contribution < 1.29 is 24.1 Å². The van der Waals surface area contributed by atoms with Crippen molar-refractivity contribution in [3.8, 4) is 0 Å². The average Bonchev–Trinajstić information content (AvgIpc) is 2.96. The zero-order chi connectivity index (χ0) is 22.9. The fraction of sp³-hybridized carbons (Fsp3) is 0.808. The molecule has 5 heteroatoms. The molecule has 2 heterocycles. The quantitative estimate of drug-likeness (QED) is 0.506. The Balaban J connectivity index is 1.58. The number of methoxy groups -OCH3 is 1. The van der Waals surface area contributed by atoms with Crippen LogP contribution in [0, 0.1) is 22.7 Å². The largest absolute Gasteiger partial charge is 0.422 e. The van der Waals surface area contributed by atoms with Gasteiger partial charge >= 0.3 is 5.97 Å². The number of ether oxygens (including phenoxy) is 3. The van der Waals surface area contributed by atoms with E-state index < -0.39 is 11.4 Å². The average molecular weight is 433 g/mol. The predicted octanol–water partition coefficient (Wildman–Crippen LogP) is 4.93. The topological polar surface area (TPSA) is 65.0 Å². The molecular formula is C26H40O5. The maximum atomic E-state index is 11.8. The molecule has 31 heavy (non-hydrogen) atoms. The molecule has 174 valence electrons. The van der Waals surface area contributed by atoms with Crippen molar-refractivity contribution in [1.82, 2.24) is 0 Å². The number of fused-ring (bicyclic) bond motifs is 3. The molecule has 0 bridgehead atoms. The van der Waals surface area contributed by atoms with Gasteiger partial charge in [0.15, 0.2) is 0 Å². The van der Waals surface area contributed by atoms with E-state index in [9.17, 15) is 9.90 Å². The number of carbonyl (C=O) groups is 1. The first-order valence-corrected chi connectivity index (χ1v) is 11.9. The van der Waals surface area contributed by atoms with Crippen LogP contribution in [0.1, 0.15) is 80.1 Å². The number of hydrogen-bond donors (Lipinski definition) is 1. The van der Waals surface area contributed by atoms with Crippen molar-refractivity contribution in [2.75, 3.05) is 7.11 Å². The van der Waals surface area contributed by atoms with Gasteiger partial charge in [-0.05, 0) is 88.0 Å². The molecule has 2 aliphatic carbocycles. The number of cyclic esters (lactones) is 1. The van der Waals surface area contributed by atoms with Gasteiger partial charge in [0.05, 0.1) is 17.3 Å². The maximum Gasteiger partial charge on any atom is 0.333 e. The second kappa shape index (κ2) is 7.16. The summed E-state index contributed by atoms with van der Waals surface area (Å²) < 4.78 is 18.0. The molecule has 0 amide bonds. The van der Waals surface area contributed by atoms with Gasteiger partial charge in [0.1, 0.15) is 0 Å². The van der Waals surface area contributed by atoms with Crippen molar-refractivity contribution in [3.05, 3.63) is 23.8 Å². The summed E-state index contributed by atoms with van der Waals surface area (Å²) in [7, 11) is 1.56. The highest BCUT2D eigenvalue weighted by molar-refractivity contribution is 5.86. The third-order valence-corrected chi connectivity index (χ3v) is 9.46. The third kappa shape index (κ3) is 3.43. The van der Waals surface area contributed by atoms with E-state index in [1.54, 1.807) is 7.11 Å². The molecule has 1 saturated heterocycles. The van der Waals surface area contributed by atoms with Gasteiger partial charge in [-0.1, -0.05) is 26.8 Å². The summed E-state index contributed by atoms with van der Waals surface area (Å²) in [6.07, 6.45) is 11.2. The van der Waals surface area contributed by atoms with E-state index in [-0.39, 0.29) is 28.5 Å². The Bertz CT molecular complexity index is 815. The molecule has 0 aromatic heterocycles. The Morgan fingerprint density at radius 1 is 1.03 bits per heavy atom. The number of aliphatic hydroxyl groups excluding tert-OH is 1. The van der Waals surface area contributed by atoms with E-state index in [2.05, 4.69) is 34.6 Å². The van der Waals surface area contributed by atoms with Crippen molar-refractivity contribution >= 4 is 5.97 Å². The van der Waals surface area contributed by atoms with Crippen LogP contribution in [0.15, 0.2) is 23.8 Å². The summed E-state index contributed by atoms with van der Waals surface area (Å²) in [4.78, 5) is 11.8. The lowest BCUT2D eigenvalue weighted by molar-refractivity contribution is -0.262. The normalized spacial score (nSPS) is 49.4. The van der Waals surface area contributed by atoms with E-state index in [4.69, 9.17) is 14.2 Å². The molecule has 4 aliphatic rings. The van der Waals surface area contributed by atoms with Gasteiger partial charge in [-0.2, -0.15) is 0 Å². The fourth-order valence-corrected chi connectivity index (χ4v) is 7.65. The summed E-state index contributed by atoms with van der Waals surface area (Å²) in [5.74, 6) is -0.532. The second-order valence-corrected chi connectivity index (χ2v) is 11.7. The predicted molar refractivity (Wildman–Crippen MR) is 119 cm³/mol. The molecule has 0 aromatic carbocycles. The zero-order valence-corrected chi connectivity index (χ0v) is 20.3. The summed E-state index contributed by atoms with van der Waals surface area (Å²) in [6.45, 7) is 13.2. The van der Waals surface area contributed by atoms with Crippen LogP contribution in [0.2, 0.25) is 0 Å². The molecular weight excluding hydrogens is 392 g/mol. The highest BCUT2D eigenvalue weighted by Gasteiger charge is 2.63. The molecule has 7 atom stereocenters. The number of esters is 1. The number of aliphatic hydroxyl groups is 1. The Kier molecular flexibility index (Phi) is 5.32. The van der Waals surface area contributed by atoms with Crippen LogP contribution in [0.25, 0.3) is 0 Å². The van der Waals surface area contributed by atoms with Crippen molar-refractivity contribution in [1.29, 1.82) is 0 Å². The first-order valence-electron chi connectivity index (χ1n) is 11.9. The van der Waals surface area contributed by atoms with Crippen molar-refractivity contribution in [2.45, 2.75) is 103 Å². The third-order valence-electron chi connectivity index (χ3n) is 9.46. The van der Waals surface area contributed by atoms with Crippen LogP contribution in [-0.2, 0) is 19.0 Å². The summed E-state index contributed by atoms with van der Waals surface area (Å²) in [6, 6.07) is 0. The Hall–Kier alpha value is -1.17. The number of carbonyl (C=O) groups excluding carboxylic acids is 1. The van der Waals surface area contributed by atoms with Crippen molar-refractivity contribution in [2.24, 2.45) is 22.7 Å². The summed E-state index contributed by atoms with van der Waals surface area (Å²) in [5.41, 5.74) is 0.207. The highest BCUT2D eigenvalue weighted by atomic mass is 16.7. The van der Waals surface area contributed by atoms with Crippen LogP contribution in [0.5, 0.6) is 0 Å². The Morgan fingerprint density at radius 3 is 2.32 bits per heavy atom. The van der Waals surface area contributed by atoms with Gasteiger partial charge in [0.25, 0.3) is 5.79 Å². The summed E-state index contributed by atoms with van der Waals surface area (Å²) >= 11 is 0. The standard InChI is InChI=1S/C26H40O5/c1-17-16-21(28)30-26(17,29-7)15-14-23(4)11-8-19-24(5)12-10-20(27)22(2,3)18(24)9-13-25(19,6)31-23/h14-16,18-20,27H,8-13H2,1-7H3. The molecule has 0 spiro atoms. The van der Waals surface area contributed by atoms with E-state index in [1.807, 2.05) is 19.1 Å². The van der Waals surface area contributed by atoms with Gasteiger partial charge in [0.2, 0.25) is 0 Å². The molecule has 2 saturated carbocycles. The van der Waals surface area contributed by atoms with Gasteiger partial charge in [0, 0.05) is 18.8 Å². The second-order valence-electron chi connectivity index (χ2n) is 11.7. The number of hydrogen-bond acceptors (Lipinski definition) is 5. The molecule has 3 fully saturated rings. The molecule has 0 radical (unpaired) electrons. The van der Waals surface area contributed by atoms with Crippen LogP contribution >= 0.6 is 0 Å². The van der Waals surface area contributed by atoms with Crippen LogP contribution in [0.3, 0.4) is 0 Å². The van der Waals surface area contributed by atoms with Gasteiger partial charge in [-0.3, -0.25) is 0 Å². The lowest BCUT2D eigenvalue weighted by Gasteiger charge is -2.66. The SMILES string of the molecule is COC1(C=CC2(C)CCC3C(C)(CCC4C(C)(C)C(O)CCC34C)O2)OC(=O)C=C1C. The minimum Gasteiger partial charge on any atom is -0.422 e. The zero-order valence-electron chi connectivity index (χ0n) is 20.3. The van der Waals surface area contributed by atoms with Crippen LogP contribution in [0.4, 0.5) is 0 Å². The Labute approximate surface area is 187 Å². The van der Waals surface area contributed by atoms with Crippen molar-refractivity contribution in [3.63, 3.8) is 0 Å². The van der Waals surface area contributed by atoms with E-state index in [0.717, 1.165) is 44.1 Å². The monoisotopic (exact) mass is 432 g/mol. The van der Waals surface area contributed by atoms with Gasteiger partial charge in [-0.25, -0.2) is 4.79 Å². The molecule has 1 N–H and O–H groups in total. The van der Waals surface area contributed by atoms with Crippen LogP contribution in [-0.4, -0.2) is 41.3 Å². The van der Waals surface area contributed by atoms with Gasteiger partial charge in [-0.15, -0.1) is 0 Å². The highest BCUT2D eigenvalue weighted by Crippen LogP contribution is 2.65. The first-order chi connectivity index (χ1) is 14.3. The fourth-order valence-electron chi connectivity index (χ4n) is 7.65. The minimum absolute atomic E-state index is 0.0595. The maximum absolute atomic E-state index is 11.8. The molecule has 0 aromatic rings. The molecule has 5 nitrogen and oxygen atoms in total. The first kappa shape index (κ1) is 23.0. The Morgan fingerprint density at radius 2 is 1.71 bits per heavy atom. The lowest BCUT2D eigenvalue weighted by Crippen LogP contribution is -2.64. The minimum atomic E-state index is -1.13. The molecule has 2 aliphatic heterocycles. The van der Waals surface area contributed by atoms with E-state index in [1.165, 1.54) is 6.08 Å². The lowest BCUT2D eigenvalue weighted by atomic mass is 9.44. The number of rotatable bonds is 3. The summed E-state index contributed by atoms with van der Waals surface area (Å²) in [5, 5.41) is 10.7. The molecule has 7 unspecified atom stereocenters. The molecule has 4 rings (SSSR count). The van der Waals surface area contributed by atoms with Gasteiger partial charge < -0.3 is 19.3 Å². The smallest absolute Gasteiger partial charge is 0.333 e. The van der Waals surface area contributed by atoms with E-state index in [0.29, 0.717) is 11.8 Å².